The van der Waals surface area contributed by atoms with E-state index in [1.807, 2.05) is 6.92 Å². The van der Waals surface area contributed by atoms with Gasteiger partial charge in [0.1, 0.15) is 11.5 Å². The summed E-state index contributed by atoms with van der Waals surface area (Å²) in [4.78, 5) is 12.1. The van der Waals surface area contributed by atoms with Crippen LogP contribution in [0.1, 0.15) is 5.82 Å². The van der Waals surface area contributed by atoms with Gasteiger partial charge in [-0.2, -0.15) is 5.10 Å². The van der Waals surface area contributed by atoms with Crippen LogP contribution in [0.4, 0.5) is 0 Å². The van der Waals surface area contributed by atoms with E-state index in [4.69, 9.17) is 0 Å². The molecule has 2 aromatic rings. The molecule has 2 heterocycles. The molecule has 0 fully saturated rings. The minimum Gasteiger partial charge on any atom is -0.263 e. The lowest BCUT2D eigenvalue weighted by Crippen LogP contribution is -1.85. The van der Waals surface area contributed by atoms with E-state index in [0.717, 1.165) is 5.82 Å². The Morgan fingerprint density at radius 3 is 2.83 bits per heavy atom. The maximum Gasteiger partial charge on any atom is 0.201 e. The Labute approximate surface area is 68.9 Å². The molecule has 12 heavy (non-hydrogen) atoms. The third-order valence-electron chi connectivity index (χ3n) is 1.39. The van der Waals surface area contributed by atoms with E-state index in [1.54, 1.807) is 18.6 Å². The molecule has 0 radical (unpaired) electrons. The zero-order valence-electron chi connectivity index (χ0n) is 6.52. The van der Waals surface area contributed by atoms with Crippen LogP contribution in [0.2, 0.25) is 0 Å². The lowest BCUT2D eigenvalue weighted by molar-refractivity contribution is 1.04. The van der Waals surface area contributed by atoms with Gasteiger partial charge < -0.3 is 0 Å². The van der Waals surface area contributed by atoms with Crippen molar-refractivity contribution in [3.63, 3.8) is 0 Å². The molecule has 0 aliphatic carbocycles. The fourth-order valence-electron chi connectivity index (χ4n) is 0.872. The molecule has 2 aromatic heterocycles. The first-order valence-corrected chi connectivity index (χ1v) is 3.51. The average Bonchev–Trinajstić information content (AvgIpc) is 2.54. The van der Waals surface area contributed by atoms with Gasteiger partial charge in [-0.25, -0.2) is 9.97 Å². The summed E-state index contributed by atoms with van der Waals surface area (Å²) in [5.41, 5.74) is 0.682. The van der Waals surface area contributed by atoms with Crippen molar-refractivity contribution in [2.24, 2.45) is 0 Å². The van der Waals surface area contributed by atoms with Crippen LogP contribution in [0, 0.1) is 6.92 Å². The highest BCUT2D eigenvalue weighted by Crippen LogP contribution is 2.07. The maximum absolute atomic E-state index is 4.11. The number of nitrogens with one attached hydrogen (secondary N) is 1. The molecule has 0 atom stereocenters. The first kappa shape index (κ1) is 6.90. The van der Waals surface area contributed by atoms with Gasteiger partial charge in [-0.1, -0.05) is 0 Å². The van der Waals surface area contributed by atoms with Crippen LogP contribution < -0.4 is 0 Å². The highest BCUT2D eigenvalue weighted by atomic mass is 15.2. The second-order valence-electron chi connectivity index (χ2n) is 2.34. The third-order valence-corrected chi connectivity index (χ3v) is 1.39. The van der Waals surface area contributed by atoms with Crippen LogP contribution in [-0.4, -0.2) is 25.1 Å². The first-order valence-electron chi connectivity index (χ1n) is 3.51. The number of aromatic nitrogens is 5. The second kappa shape index (κ2) is 2.69. The highest BCUT2D eigenvalue weighted by molar-refractivity contribution is 5.45. The maximum atomic E-state index is 4.11. The van der Waals surface area contributed by atoms with E-state index in [0.29, 0.717) is 11.5 Å². The van der Waals surface area contributed by atoms with Gasteiger partial charge in [-0.3, -0.25) is 10.1 Å². The Bertz CT molecular complexity index is 366. The smallest absolute Gasteiger partial charge is 0.201 e. The van der Waals surface area contributed by atoms with Gasteiger partial charge in [0, 0.05) is 12.4 Å². The van der Waals surface area contributed by atoms with Gasteiger partial charge in [-0.15, -0.1) is 0 Å². The summed E-state index contributed by atoms with van der Waals surface area (Å²) in [6, 6.07) is 0. The number of aryl methyl sites for hydroxylation is 1. The number of nitrogens with zero attached hydrogens (tertiary/aromatic N) is 4. The summed E-state index contributed by atoms with van der Waals surface area (Å²) in [7, 11) is 0. The van der Waals surface area contributed by atoms with Gasteiger partial charge >= 0.3 is 0 Å². The minimum absolute atomic E-state index is 0.584. The van der Waals surface area contributed by atoms with E-state index in [-0.39, 0.29) is 0 Å². The molecule has 0 amide bonds. The summed E-state index contributed by atoms with van der Waals surface area (Å²) in [6.07, 6.45) is 4.85. The summed E-state index contributed by atoms with van der Waals surface area (Å²) < 4.78 is 0. The van der Waals surface area contributed by atoms with Crippen molar-refractivity contribution in [1.82, 2.24) is 25.1 Å². The highest BCUT2D eigenvalue weighted by Gasteiger charge is 2.02. The molecule has 5 heteroatoms. The molecular formula is C7H7N5. The van der Waals surface area contributed by atoms with E-state index in [9.17, 15) is 0 Å². The standard InChI is InChI=1S/C7H7N5/c1-5-10-7(12-11-5)6-4-8-2-3-9-6/h2-4H,1H3,(H,10,11,12). The van der Waals surface area contributed by atoms with E-state index < -0.39 is 0 Å². The summed E-state index contributed by atoms with van der Waals surface area (Å²) in [5, 5.41) is 6.69. The topological polar surface area (TPSA) is 67.3 Å². The molecule has 1 N–H and O–H groups in total. The van der Waals surface area contributed by atoms with Crippen molar-refractivity contribution < 1.29 is 0 Å². The molecule has 5 nitrogen and oxygen atoms in total. The Morgan fingerprint density at radius 2 is 2.25 bits per heavy atom. The molecule has 0 aliphatic rings. The minimum atomic E-state index is 0.584. The molecule has 0 aromatic carbocycles. The molecule has 0 bridgehead atoms. The van der Waals surface area contributed by atoms with Gasteiger partial charge in [0.15, 0.2) is 0 Å². The molecule has 60 valence electrons. The zero-order valence-corrected chi connectivity index (χ0v) is 6.52. The van der Waals surface area contributed by atoms with Gasteiger partial charge in [0.25, 0.3) is 0 Å². The second-order valence-corrected chi connectivity index (χ2v) is 2.34. The van der Waals surface area contributed by atoms with Gasteiger partial charge in [0.2, 0.25) is 5.82 Å². The van der Waals surface area contributed by atoms with Crippen LogP contribution >= 0.6 is 0 Å². The number of H-pyrrole nitrogens is 1. The molecular weight excluding hydrogens is 154 g/mol. The number of rotatable bonds is 1. The van der Waals surface area contributed by atoms with Gasteiger partial charge in [0.05, 0.1) is 6.20 Å². The van der Waals surface area contributed by atoms with Crippen LogP contribution in [0.3, 0.4) is 0 Å². The van der Waals surface area contributed by atoms with Crippen molar-refractivity contribution in [3.05, 3.63) is 24.4 Å². The van der Waals surface area contributed by atoms with Crippen molar-refractivity contribution in [3.8, 4) is 11.5 Å². The van der Waals surface area contributed by atoms with Crippen LogP contribution in [-0.2, 0) is 0 Å². The average molecular weight is 161 g/mol. The Hall–Kier alpha value is -1.78. The van der Waals surface area contributed by atoms with E-state index in [2.05, 4.69) is 25.1 Å². The first-order chi connectivity index (χ1) is 5.86. The Kier molecular flexibility index (Phi) is 1.55. The predicted molar refractivity (Wildman–Crippen MR) is 42.1 cm³/mol. The molecule has 0 spiro atoms. The summed E-state index contributed by atoms with van der Waals surface area (Å²) in [5.74, 6) is 1.36. The molecule has 0 saturated carbocycles. The predicted octanol–water partition coefficient (Wildman–Crippen LogP) is 0.570. The van der Waals surface area contributed by atoms with Crippen LogP contribution in [0.15, 0.2) is 18.6 Å². The van der Waals surface area contributed by atoms with Crippen LogP contribution in [0.5, 0.6) is 0 Å². The largest absolute Gasteiger partial charge is 0.263 e. The Morgan fingerprint density at radius 1 is 1.33 bits per heavy atom. The molecule has 0 aliphatic heterocycles. The fourth-order valence-corrected chi connectivity index (χ4v) is 0.872. The zero-order chi connectivity index (χ0) is 8.39. The van der Waals surface area contributed by atoms with Crippen molar-refractivity contribution in [1.29, 1.82) is 0 Å². The van der Waals surface area contributed by atoms with E-state index >= 15 is 0 Å². The van der Waals surface area contributed by atoms with Crippen molar-refractivity contribution in [2.45, 2.75) is 6.92 Å². The summed E-state index contributed by atoms with van der Waals surface area (Å²) in [6.45, 7) is 1.84. The van der Waals surface area contributed by atoms with E-state index in [1.165, 1.54) is 0 Å². The molecule has 2 rings (SSSR count). The fraction of sp³-hybridized carbons (Fsp3) is 0.143. The quantitative estimate of drug-likeness (QED) is 0.663. The monoisotopic (exact) mass is 161 g/mol. The van der Waals surface area contributed by atoms with Gasteiger partial charge in [-0.05, 0) is 6.92 Å². The number of hydrogen-bond donors (Lipinski definition) is 1. The Balaban J connectivity index is 2.45. The van der Waals surface area contributed by atoms with Crippen molar-refractivity contribution in [2.75, 3.05) is 0 Å². The summed E-state index contributed by atoms with van der Waals surface area (Å²) >= 11 is 0. The lowest BCUT2D eigenvalue weighted by atomic mass is 10.4. The van der Waals surface area contributed by atoms with Crippen LogP contribution in [0.25, 0.3) is 11.5 Å². The lowest BCUT2D eigenvalue weighted by Gasteiger charge is -1.89. The third kappa shape index (κ3) is 1.16. The number of hydrogen-bond acceptors (Lipinski definition) is 4. The number of aromatic amines is 1. The van der Waals surface area contributed by atoms with Crippen molar-refractivity contribution >= 4 is 0 Å². The normalized spacial score (nSPS) is 10.1. The SMILES string of the molecule is Cc1nc(-c2cnccn2)n[nH]1. The molecule has 0 saturated heterocycles. The molecule has 0 unspecified atom stereocenters.